The highest BCUT2D eigenvalue weighted by Crippen LogP contribution is 2.23. The van der Waals surface area contributed by atoms with Crippen LogP contribution in [0.4, 0.5) is 4.39 Å². The number of carbonyl (C=O) groups excluding carboxylic acids is 1. The zero-order valence-electron chi connectivity index (χ0n) is 13.3. The molecule has 0 radical (unpaired) electrons. The van der Waals surface area contributed by atoms with E-state index in [1.165, 1.54) is 12.1 Å². The second-order valence-electron chi connectivity index (χ2n) is 5.87. The van der Waals surface area contributed by atoms with Gasteiger partial charge in [-0.05, 0) is 37.3 Å². The van der Waals surface area contributed by atoms with E-state index >= 15 is 0 Å². The Balaban J connectivity index is 1.58. The van der Waals surface area contributed by atoms with Crippen LogP contribution >= 0.6 is 11.6 Å². The summed E-state index contributed by atoms with van der Waals surface area (Å²) >= 11 is 5.97. The van der Waals surface area contributed by atoms with Gasteiger partial charge in [0.2, 0.25) is 0 Å². The van der Waals surface area contributed by atoms with Crippen LogP contribution in [0.5, 0.6) is 5.75 Å². The molecule has 1 fully saturated rings. The molecule has 0 N–H and O–H groups in total. The fourth-order valence-electron chi connectivity index (χ4n) is 2.73. The summed E-state index contributed by atoms with van der Waals surface area (Å²) in [5.41, 5.74) is 1.28. The Kier molecular flexibility index (Phi) is 5.00. The fraction of sp³-hybridized carbons (Fsp3) is 0.333. The summed E-state index contributed by atoms with van der Waals surface area (Å²) in [5, 5.41) is 0.143. The number of hydrogen-bond acceptors (Lipinski definition) is 3. The Morgan fingerprint density at radius 1 is 1.29 bits per heavy atom. The number of aryl methyl sites for hydroxylation is 1. The monoisotopic (exact) mass is 348 g/mol. The summed E-state index contributed by atoms with van der Waals surface area (Å²) in [7, 11) is 0. The lowest BCUT2D eigenvalue weighted by Crippen LogP contribution is -2.41. The van der Waals surface area contributed by atoms with Crippen LogP contribution < -0.4 is 4.74 Å². The number of hydrogen-bond donors (Lipinski definition) is 0. The van der Waals surface area contributed by atoms with Gasteiger partial charge in [-0.1, -0.05) is 11.6 Å². The van der Waals surface area contributed by atoms with Gasteiger partial charge in [-0.3, -0.25) is 9.78 Å². The zero-order chi connectivity index (χ0) is 17.1. The van der Waals surface area contributed by atoms with Crippen molar-refractivity contribution < 1.29 is 13.9 Å². The molecule has 0 atom stereocenters. The molecule has 0 unspecified atom stereocenters. The van der Waals surface area contributed by atoms with Crippen LogP contribution in [-0.2, 0) is 0 Å². The summed E-state index contributed by atoms with van der Waals surface area (Å²) in [6.45, 7) is 3.08. The lowest BCUT2D eigenvalue weighted by molar-refractivity contribution is 0.0595. The molecule has 3 rings (SSSR count). The van der Waals surface area contributed by atoms with Crippen LogP contribution in [0.1, 0.15) is 28.9 Å². The number of ether oxygens (including phenoxy) is 1. The fourth-order valence-corrected chi connectivity index (χ4v) is 2.97. The SMILES string of the molecule is Cc1ccc(OC2CCN(C(=O)c3ccc(F)cc3Cl)CC2)cn1. The van der Waals surface area contributed by atoms with Crippen LogP contribution in [-0.4, -0.2) is 35.0 Å². The van der Waals surface area contributed by atoms with Crippen molar-refractivity contribution in [1.29, 1.82) is 0 Å². The topological polar surface area (TPSA) is 42.4 Å². The number of likely N-dealkylation sites (tertiary alicyclic amines) is 1. The molecule has 1 aliphatic rings. The first-order chi connectivity index (χ1) is 11.5. The van der Waals surface area contributed by atoms with Gasteiger partial charge in [0.25, 0.3) is 5.91 Å². The molecule has 6 heteroatoms. The Bertz CT molecular complexity index is 728. The number of piperidine rings is 1. The van der Waals surface area contributed by atoms with Gasteiger partial charge in [0.1, 0.15) is 17.7 Å². The first-order valence-corrected chi connectivity index (χ1v) is 8.24. The van der Waals surface area contributed by atoms with Crippen molar-refractivity contribution in [2.45, 2.75) is 25.9 Å². The number of benzene rings is 1. The molecule has 1 saturated heterocycles. The van der Waals surface area contributed by atoms with E-state index in [0.29, 0.717) is 18.7 Å². The number of amides is 1. The molecular formula is C18H18ClFN2O2. The van der Waals surface area contributed by atoms with E-state index in [2.05, 4.69) is 4.98 Å². The van der Waals surface area contributed by atoms with Crippen molar-refractivity contribution >= 4 is 17.5 Å². The highest BCUT2D eigenvalue weighted by Gasteiger charge is 2.26. The minimum absolute atomic E-state index is 0.0576. The quantitative estimate of drug-likeness (QED) is 0.845. The van der Waals surface area contributed by atoms with Gasteiger partial charge in [-0.15, -0.1) is 0 Å². The van der Waals surface area contributed by atoms with Gasteiger partial charge in [-0.25, -0.2) is 4.39 Å². The second-order valence-corrected chi connectivity index (χ2v) is 6.28. The summed E-state index contributed by atoms with van der Waals surface area (Å²) in [5.74, 6) is 0.123. The van der Waals surface area contributed by atoms with Crippen LogP contribution in [0.3, 0.4) is 0 Å². The van der Waals surface area contributed by atoms with E-state index in [1.807, 2.05) is 19.1 Å². The Hall–Kier alpha value is -2.14. The van der Waals surface area contributed by atoms with Crippen molar-refractivity contribution in [3.8, 4) is 5.75 Å². The Morgan fingerprint density at radius 2 is 2.04 bits per heavy atom. The lowest BCUT2D eigenvalue weighted by Gasteiger charge is -2.32. The van der Waals surface area contributed by atoms with E-state index in [1.54, 1.807) is 11.1 Å². The maximum absolute atomic E-state index is 13.1. The molecule has 24 heavy (non-hydrogen) atoms. The number of carbonyl (C=O) groups is 1. The molecule has 0 aliphatic carbocycles. The average molecular weight is 349 g/mol. The van der Waals surface area contributed by atoms with Crippen LogP contribution in [0.15, 0.2) is 36.5 Å². The maximum Gasteiger partial charge on any atom is 0.255 e. The molecule has 1 aromatic carbocycles. The smallest absolute Gasteiger partial charge is 0.255 e. The van der Waals surface area contributed by atoms with E-state index in [0.717, 1.165) is 30.4 Å². The number of halogens is 2. The molecule has 0 spiro atoms. The van der Waals surface area contributed by atoms with Crippen molar-refractivity contribution in [2.24, 2.45) is 0 Å². The third-order valence-corrected chi connectivity index (χ3v) is 4.39. The third-order valence-electron chi connectivity index (χ3n) is 4.08. The molecule has 1 aliphatic heterocycles. The molecule has 1 aromatic heterocycles. The predicted molar refractivity (Wildman–Crippen MR) is 89.9 cm³/mol. The Labute approximate surface area is 145 Å². The standard InChI is InChI=1S/C18H18ClFN2O2/c1-12-2-4-15(11-21-12)24-14-6-8-22(9-7-14)18(23)16-5-3-13(20)10-17(16)19/h2-5,10-11,14H,6-9H2,1H3. The molecule has 4 nitrogen and oxygen atoms in total. The first-order valence-electron chi connectivity index (χ1n) is 7.86. The van der Waals surface area contributed by atoms with Crippen LogP contribution in [0, 0.1) is 12.7 Å². The molecule has 126 valence electrons. The third kappa shape index (κ3) is 3.85. The molecular weight excluding hydrogens is 331 g/mol. The Morgan fingerprint density at radius 3 is 2.67 bits per heavy atom. The van der Waals surface area contributed by atoms with E-state index in [4.69, 9.17) is 16.3 Å². The van der Waals surface area contributed by atoms with Gasteiger partial charge >= 0.3 is 0 Å². The van der Waals surface area contributed by atoms with Crippen molar-refractivity contribution in [3.63, 3.8) is 0 Å². The second kappa shape index (κ2) is 7.18. The van der Waals surface area contributed by atoms with Gasteiger partial charge in [0.05, 0.1) is 16.8 Å². The van der Waals surface area contributed by atoms with Gasteiger partial charge in [0.15, 0.2) is 0 Å². The summed E-state index contributed by atoms with van der Waals surface area (Å²) < 4.78 is 19.0. The first kappa shape index (κ1) is 16.7. The summed E-state index contributed by atoms with van der Waals surface area (Å²) in [6.07, 6.45) is 3.24. The van der Waals surface area contributed by atoms with Crippen molar-refractivity contribution in [1.82, 2.24) is 9.88 Å². The highest BCUT2D eigenvalue weighted by atomic mass is 35.5. The van der Waals surface area contributed by atoms with Crippen molar-refractivity contribution in [2.75, 3.05) is 13.1 Å². The molecule has 2 aromatic rings. The van der Waals surface area contributed by atoms with Gasteiger partial charge < -0.3 is 9.64 Å². The van der Waals surface area contributed by atoms with Crippen LogP contribution in [0.25, 0.3) is 0 Å². The lowest BCUT2D eigenvalue weighted by atomic mass is 10.1. The molecule has 2 heterocycles. The van der Waals surface area contributed by atoms with Crippen LogP contribution in [0.2, 0.25) is 5.02 Å². The normalized spacial score (nSPS) is 15.4. The highest BCUT2D eigenvalue weighted by molar-refractivity contribution is 6.33. The number of rotatable bonds is 3. The number of pyridine rings is 1. The van der Waals surface area contributed by atoms with Gasteiger partial charge in [-0.2, -0.15) is 0 Å². The molecule has 0 bridgehead atoms. The number of nitrogens with zero attached hydrogens (tertiary/aromatic N) is 2. The largest absolute Gasteiger partial charge is 0.489 e. The minimum Gasteiger partial charge on any atom is -0.489 e. The average Bonchev–Trinajstić information content (AvgIpc) is 2.57. The van der Waals surface area contributed by atoms with E-state index in [-0.39, 0.29) is 17.0 Å². The van der Waals surface area contributed by atoms with Crippen molar-refractivity contribution in [3.05, 3.63) is 58.6 Å². The van der Waals surface area contributed by atoms with E-state index in [9.17, 15) is 9.18 Å². The molecule has 0 saturated carbocycles. The summed E-state index contributed by atoms with van der Waals surface area (Å²) in [6, 6.07) is 7.65. The predicted octanol–water partition coefficient (Wildman–Crippen LogP) is 3.87. The zero-order valence-corrected chi connectivity index (χ0v) is 14.1. The minimum atomic E-state index is -0.449. The molecule has 1 amide bonds. The summed E-state index contributed by atoms with van der Waals surface area (Å²) in [4.78, 5) is 18.4. The van der Waals surface area contributed by atoms with Gasteiger partial charge in [0, 0.05) is 31.6 Å². The van der Waals surface area contributed by atoms with E-state index < -0.39 is 5.82 Å². The maximum atomic E-state index is 13.1. The number of aromatic nitrogens is 1.